The summed E-state index contributed by atoms with van der Waals surface area (Å²) in [6, 6.07) is 7.28. The maximum absolute atomic E-state index is 9.32. The maximum Gasteiger partial charge on any atom is 0.227 e. The number of nitrogens with one attached hydrogen (secondary N) is 1. The molecule has 0 aliphatic rings. The third-order valence-corrected chi connectivity index (χ3v) is 2.89. The monoisotopic (exact) mass is 274 g/mol. The number of hydrogen-bond donors (Lipinski definition) is 3. The van der Waals surface area contributed by atoms with Crippen molar-refractivity contribution in [3.05, 3.63) is 41.7 Å². The van der Waals surface area contributed by atoms with Crippen molar-refractivity contribution in [3.8, 4) is 11.6 Å². The molecule has 0 saturated heterocycles. The summed E-state index contributed by atoms with van der Waals surface area (Å²) in [5.74, 6) is 7.05. The summed E-state index contributed by atoms with van der Waals surface area (Å²) >= 11 is 0. The number of ether oxygens (including phenoxy) is 1. The molecule has 20 heavy (non-hydrogen) atoms. The lowest BCUT2D eigenvalue weighted by molar-refractivity contribution is 0.276. The van der Waals surface area contributed by atoms with Gasteiger partial charge in [-0.2, -0.15) is 0 Å². The van der Waals surface area contributed by atoms with E-state index in [2.05, 4.69) is 22.3 Å². The largest absolute Gasteiger partial charge is 0.438 e. The second-order valence-electron chi connectivity index (χ2n) is 4.27. The summed E-state index contributed by atoms with van der Waals surface area (Å²) in [4.78, 5) is 8.25. The van der Waals surface area contributed by atoms with Gasteiger partial charge < -0.3 is 15.3 Å². The minimum atomic E-state index is -0.0909. The van der Waals surface area contributed by atoms with Gasteiger partial charge >= 0.3 is 0 Å². The highest BCUT2D eigenvalue weighted by Crippen LogP contribution is 2.29. The summed E-state index contributed by atoms with van der Waals surface area (Å²) < 4.78 is 5.82. The molecular weight excluding hydrogens is 256 g/mol. The first-order valence-corrected chi connectivity index (χ1v) is 6.47. The van der Waals surface area contributed by atoms with Crippen molar-refractivity contribution in [2.45, 2.75) is 26.4 Å². The number of aromatic nitrogens is 2. The van der Waals surface area contributed by atoms with E-state index < -0.39 is 0 Å². The minimum absolute atomic E-state index is 0.0909. The SMILES string of the molecule is CCCc1c(NN)ncnc1Oc1ccccc1CO. The first kappa shape index (κ1) is 14.2. The predicted molar refractivity (Wildman–Crippen MR) is 76.3 cm³/mol. The molecule has 1 heterocycles. The molecule has 0 spiro atoms. The molecule has 0 bridgehead atoms. The Kier molecular flexibility index (Phi) is 4.86. The highest BCUT2D eigenvalue weighted by Gasteiger charge is 2.13. The van der Waals surface area contributed by atoms with E-state index in [1.54, 1.807) is 12.1 Å². The zero-order valence-corrected chi connectivity index (χ0v) is 11.3. The fourth-order valence-electron chi connectivity index (χ4n) is 1.92. The van der Waals surface area contributed by atoms with Crippen LogP contribution in [0.5, 0.6) is 11.6 Å². The molecule has 0 unspecified atom stereocenters. The lowest BCUT2D eigenvalue weighted by Gasteiger charge is -2.14. The van der Waals surface area contributed by atoms with Crippen LogP contribution in [0.2, 0.25) is 0 Å². The van der Waals surface area contributed by atoms with Gasteiger partial charge in [-0.05, 0) is 12.5 Å². The average Bonchev–Trinajstić information content (AvgIpc) is 2.49. The zero-order chi connectivity index (χ0) is 14.4. The first-order chi connectivity index (χ1) is 9.80. The van der Waals surface area contributed by atoms with E-state index in [9.17, 15) is 5.11 Å². The van der Waals surface area contributed by atoms with Gasteiger partial charge in [-0.15, -0.1) is 0 Å². The molecule has 106 valence electrons. The van der Waals surface area contributed by atoms with Crippen molar-refractivity contribution >= 4 is 5.82 Å². The van der Waals surface area contributed by atoms with Crippen LogP contribution < -0.4 is 16.0 Å². The fraction of sp³-hybridized carbons (Fsp3) is 0.286. The van der Waals surface area contributed by atoms with Crippen molar-refractivity contribution in [2.75, 3.05) is 5.43 Å². The molecule has 6 nitrogen and oxygen atoms in total. The Morgan fingerprint density at radius 1 is 1.30 bits per heavy atom. The quantitative estimate of drug-likeness (QED) is 0.551. The van der Waals surface area contributed by atoms with E-state index in [0.717, 1.165) is 18.4 Å². The van der Waals surface area contributed by atoms with Crippen molar-refractivity contribution in [3.63, 3.8) is 0 Å². The molecule has 0 saturated carbocycles. The molecule has 0 aliphatic heterocycles. The second-order valence-corrected chi connectivity index (χ2v) is 4.27. The Balaban J connectivity index is 2.37. The van der Waals surface area contributed by atoms with Crippen molar-refractivity contribution < 1.29 is 9.84 Å². The number of hydrazine groups is 1. The van der Waals surface area contributed by atoms with Crippen LogP contribution in [0.25, 0.3) is 0 Å². The van der Waals surface area contributed by atoms with Gasteiger partial charge in [0.25, 0.3) is 0 Å². The van der Waals surface area contributed by atoms with Crippen molar-refractivity contribution in [1.29, 1.82) is 0 Å². The van der Waals surface area contributed by atoms with Gasteiger partial charge in [0.05, 0.1) is 12.2 Å². The molecule has 6 heteroatoms. The number of benzene rings is 1. The van der Waals surface area contributed by atoms with Crippen LogP contribution >= 0.6 is 0 Å². The molecule has 0 amide bonds. The molecular formula is C14H18N4O2. The number of aliphatic hydroxyl groups is 1. The molecule has 1 aromatic heterocycles. The number of aliphatic hydroxyl groups excluding tert-OH is 1. The van der Waals surface area contributed by atoms with E-state index in [-0.39, 0.29) is 6.61 Å². The van der Waals surface area contributed by atoms with Crippen LogP contribution in [0, 0.1) is 0 Å². The highest BCUT2D eigenvalue weighted by atomic mass is 16.5. The van der Waals surface area contributed by atoms with E-state index in [1.807, 2.05) is 12.1 Å². The van der Waals surface area contributed by atoms with Crippen LogP contribution in [0.3, 0.4) is 0 Å². The molecule has 0 fully saturated rings. The van der Waals surface area contributed by atoms with Crippen LogP contribution in [0.1, 0.15) is 24.5 Å². The number of nitrogens with two attached hydrogens (primary N) is 1. The van der Waals surface area contributed by atoms with Gasteiger partial charge in [0, 0.05) is 5.56 Å². The Labute approximate surface area is 117 Å². The summed E-state index contributed by atoms with van der Waals surface area (Å²) in [5.41, 5.74) is 4.08. The molecule has 1 aromatic carbocycles. The van der Waals surface area contributed by atoms with Crippen LogP contribution in [-0.2, 0) is 13.0 Å². The Morgan fingerprint density at radius 3 is 2.80 bits per heavy atom. The lowest BCUT2D eigenvalue weighted by Crippen LogP contribution is -2.12. The van der Waals surface area contributed by atoms with E-state index in [0.29, 0.717) is 23.0 Å². The third kappa shape index (κ3) is 3.04. The summed E-state index contributed by atoms with van der Waals surface area (Å²) in [5, 5.41) is 9.32. The van der Waals surface area contributed by atoms with E-state index in [4.69, 9.17) is 10.6 Å². The molecule has 0 atom stereocenters. The summed E-state index contributed by atoms with van der Waals surface area (Å²) in [6.45, 7) is 1.96. The fourth-order valence-corrected chi connectivity index (χ4v) is 1.92. The normalized spacial score (nSPS) is 10.3. The molecule has 4 N–H and O–H groups in total. The Morgan fingerprint density at radius 2 is 2.10 bits per heavy atom. The zero-order valence-electron chi connectivity index (χ0n) is 11.3. The predicted octanol–water partition coefficient (Wildman–Crippen LogP) is 2.00. The van der Waals surface area contributed by atoms with Crippen molar-refractivity contribution in [1.82, 2.24) is 9.97 Å². The number of para-hydroxylation sites is 1. The second kappa shape index (κ2) is 6.83. The Hall–Kier alpha value is -2.18. The topological polar surface area (TPSA) is 93.3 Å². The Bertz CT molecular complexity index is 575. The average molecular weight is 274 g/mol. The number of rotatable bonds is 6. The van der Waals surface area contributed by atoms with E-state index in [1.165, 1.54) is 6.33 Å². The van der Waals surface area contributed by atoms with E-state index >= 15 is 0 Å². The third-order valence-electron chi connectivity index (χ3n) is 2.89. The maximum atomic E-state index is 9.32. The van der Waals surface area contributed by atoms with Crippen LogP contribution in [-0.4, -0.2) is 15.1 Å². The number of nitrogens with zero attached hydrogens (tertiary/aromatic N) is 2. The first-order valence-electron chi connectivity index (χ1n) is 6.47. The summed E-state index contributed by atoms with van der Waals surface area (Å²) in [7, 11) is 0. The lowest BCUT2D eigenvalue weighted by atomic mass is 10.1. The number of hydrogen-bond acceptors (Lipinski definition) is 6. The van der Waals surface area contributed by atoms with Gasteiger partial charge in [0.15, 0.2) is 0 Å². The van der Waals surface area contributed by atoms with Gasteiger partial charge in [-0.1, -0.05) is 31.5 Å². The minimum Gasteiger partial charge on any atom is -0.438 e. The summed E-state index contributed by atoms with van der Waals surface area (Å²) in [6.07, 6.45) is 3.06. The van der Waals surface area contributed by atoms with Gasteiger partial charge in [0.2, 0.25) is 5.88 Å². The highest BCUT2D eigenvalue weighted by molar-refractivity contribution is 5.49. The van der Waals surface area contributed by atoms with Crippen LogP contribution in [0.15, 0.2) is 30.6 Å². The molecule has 2 rings (SSSR count). The molecule has 2 aromatic rings. The van der Waals surface area contributed by atoms with Crippen LogP contribution in [0.4, 0.5) is 5.82 Å². The smallest absolute Gasteiger partial charge is 0.227 e. The van der Waals surface area contributed by atoms with Crippen molar-refractivity contribution in [2.24, 2.45) is 5.84 Å². The number of anilines is 1. The number of nitrogen functional groups attached to an aromatic ring is 1. The molecule has 0 radical (unpaired) electrons. The van der Waals surface area contributed by atoms with Gasteiger partial charge in [-0.25, -0.2) is 15.8 Å². The molecule has 0 aliphatic carbocycles. The standard InChI is InChI=1S/C14H18N4O2/c1-2-5-11-13(18-15)16-9-17-14(11)20-12-7-4-3-6-10(12)8-19/h3-4,6-7,9,19H,2,5,8,15H2,1H3,(H,16,17,18). The van der Waals surface area contributed by atoms with Gasteiger partial charge in [-0.3, -0.25) is 0 Å². The van der Waals surface area contributed by atoms with Gasteiger partial charge in [0.1, 0.15) is 17.9 Å².